The highest BCUT2D eigenvalue weighted by molar-refractivity contribution is 6.30. The van der Waals surface area contributed by atoms with Gasteiger partial charge in [-0.05, 0) is 25.2 Å². The van der Waals surface area contributed by atoms with Crippen LogP contribution in [0.2, 0.25) is 5.15 Å². The lowest BCUT2D eigenvalue weighted by molar-refractivity contribution is 0.369. The molecule has 2 nitrogen and oxygen atoms in total. The van der Waals surface area contributed by atoms with Crippen molar-refractivity contribution in [2.45, 2.75) is 39.0 Å². The highest BCUT2D eigenvalue weighted by atomic mass is 35.5. The minimum absolute atomic E-state index is 0.555. The Balaban J connectivity index is 2.12. The maximum Gasteiger partial charge on any atom is 0.130 e. The van der Waals surface area contributed by atoms with Crippen molar-refractivity contribution in [1.82, 2.24) is 9.78 Å². The Kier molecular flexibility index (Phi) is 4.37. The molecule has 0 aliphatic heterocycles. The van der Waals surface area contributed by atoms with Crippen LogP contribution in [0.25, 0.3) is 0 Å². The molecule has 0 bridgehead atoms. The molecule has 1 unspecified atom stereocenters. The van der Waals surface area contributed by atoms with Gasteiger partial charge in [-0.25, -0.2) is 0 Å². The summed E-state index contributed by atoms with van der Waals surface area (Å²) in [5.74, 6) is 2.07. The van der Waals surface area contributed by atoms with Crippen molar-refractivity contribution in [2.24, 2.45) is 18.9 Å². The third-order valence-electron chi connectivity index (χ3n) is 4.00. The Bertz CT molecular complexity index is 381. The Labute approximate surface area is 113 Å². The average Bonchev–Trinajstić information content (AvgIpc) is 2.89. The predicted octanol–water partition coefficient (Wildman–Crippen LogP) is 3.97. The summed E-state index contributed by atoms with van der Waals surface area (Å²) in [5, 5.41) is 5.14. The molecule has 0 spiro atoms. The maximum absolute atomic E-state index is 6.28. The summed E-state index contributed by atoms with van der Waals surface area (Å²) in [6.45, 7) is 2.03. The first-order valence-corrected chi connectivity index (χ1v) is 7.28. The van der Waals surface area contributed by atoms with E-state index in [4.69, 9.17) is 23.2 Å². The molecule has 1 atom stereocenters. The Morgan fingerprint density at radius 3 is 2.53 bits per heavy atom. The van der Waals surface area contributed by atoms with Crippen molar-refractivity contribution in [3.63, 3.8) is 0 Å². The highest BCUT2D eigenvalue weighted by Crippen LogP contribution is 2.35. The number of aryl methyl sites for hydroxylation is 2. The van der Waals surface area contributed by atoms with E-state index in [1.807, 2.05) is 14.0 Å². The second-order valence-electron chi connectivity index (χ2n) is 5.14. The zero-order chi connectivity index (χ0) is 12.4. The minimum Gasteiger partial charge on any atom is -0.257 e. The van der Waals surface area contributed by atoms with Crippen molar-refractivity contribution < 1.29 is 0 Å². The number of alkyl halides is 1. The van der Waals surface area contributed by atoms with Crippen LogP contribution in [0.3, 0.4) is 0 Å². The predicted molar refractivity (Wildman–Crippen MR) is 72.8 cm³/mol. The zero-order valence-electron chi connectivity index (χ0n) is 10.5. The van der Waals surface area contributed by atoms with Crippen LogP contribution in [0.5, 0.6) is 0 Å². The van der Waals surface area contributed by atoms with Crippen molar-refractivity contribution in [3.05, 3.63) is 16.4 Å². The fourth-order valence-electron chi connectivity index (χ4n) is 2.94. The largest absolute Gasteiger partial charge is 0.257 e. The SMILES string of the molecule is Cc1nn(C)c(Cl)c1CC(CCl)C1CCCC1. The van der Waals surface area contributed by atoms with E-state index in [1.165, 1.54) is 31.2 Å². The molecule has 0 saturated heterocycles. The Morgan fingerprint density at radius 2 is 2.06 bits per heavy atom. The molecule has 1 saturated carbocycles. The average molecular weight is 275 g/mol. The molecule has 1 aromatic rings. The van der Waals surface area contributed by atoms with Crippen LogP contribution in [-0.4, -0.2) is 15.7 Å². The quantitative estimate of drug-likeness (QED) is 0.760. The summed E-state index contributed by atoms with van der Waals surface area (Å²) >= 11 is 12.4. The van der Waals surface area contributed by atoms with Gasteiger partial charge in [0.25, 0.3) is 0 Å². The van der Waals surface area contributed by atoms with Crippen LogP contribution in [0, 0.1) is 18.8 Å². The van der Waals surface area contributed by atoms with E-state index >= 15 is 0 Å². The van der Waals surface area contributed by atoms with Gasteiger partial charge in [0.05, 0.1) is 5.69 Å². The van der Waals surface area contributed by atoms with E-state index < -0.39 is 0 Å². The van der Waals surface area contributed by atoms with Crippen LogP contribution >= 0.6 is 23.2 Å². The van der Waals surface area contributed by atoms with Crippen molar-refractivity contribution in [3.8, 4) is 0 Å². The first-order valence-electron chi connectivity index (χ1n) is 6.37. The van der Waals surface area contributed by atoms with Crippen molar-refractivity contribution >= 4 is 23.2 Å². The number of nitrogens with zero attached hydrogens (tertiary/aromatic N) is 2. The van der Waals surface area contributed by atoms with Crippen molar-refractivity contribution in [1.29, 1.82) is 0 Å². The summed E-state index contributed by atoms with van der Waals surface area (Å²) in [5.41, 5.74) is 2.23. The zero-order valence-corrected chi connectivity index (χ0v) is 12.1. The van der Waals surface area contributed by atoms with Gasteiger partial charge in [0.1, 0.15) is 5.15 Å². The maximum atomic E-state index is 6.28. The standard InChI is InChI=1S/C13H20Cl2N2/c1-9-12(13(15)17(2)16-9)7-11(8-14)10-5-3-4-6-10/h10-11H,3-8H2,1-2H3. The summed E-state index contributed by atoms with van der Waals surface area (Å²) in [6.07, 6.45) is 6.35. The lowest BCUT2D eigenvalue weighted by Crippen LogP contribution is -2.16. The molecular formula is C13H20Cl2N2. The molecule has 0 radical (unpaired) electrons. The third-order valence-corrected chi connectivity index (χ3v) is 4.87. The van der Waals surface area contributed by atoms with Gasteiger partial charge in [0.2, 0.25) is 0 Å². The fraction of sp³-hybridized carbons (Fsp3) is 0.769. The molecule has 4 heteroatoms. The number of hydrogen-bond donors (Lipinski definition) is 0. The first kappa shape index (κ1) is 13.2. The Hall–Kier alpha value is -0.210. The molecule has 1 heterocycles. The number of halogens is 2. The molecule has 2 rings (SSSR count). The lowest BCUT2D eigenvalue weighted by Gasteiger charge is -2.20. The molecule has 1 aliphatic carbocycles. The molecule has 17 heavy (non-hydrogen) atoms. The van der Waals surface area contributed by atoms with E-state index in [0.717, 1.165) is 29.1 Å². The molecule has 0 aromatic carbocycles. The number of rotatable bonds is 4. The molecular weight excluding hydrogens is 255 g/mol. The topological polar surface area (TPSA) is 17.8 Å². The summed E-state index contributed by atoms with van der Waals surface area (Å²) in [7, 11) is 1.89. The smallest absolute Gasteiger partial charge is 0.130 e. The van der Waals surface area contributed by atoms with Gasteiger partial charge < -0.3 is 0 Å². The van der Waals surface area contributed by atoms with Gasteiger partial charge in [-0.2, -0.15) is 5.10 Å². The van der Waals surface area contributed by atoms with Crippen LogP contribution in [0.15, 0.2) is 0 Å². The monoisotopic (exact) mass is 274 g/mol. The number of aromatic nitrogens is 2. The normalized spacial score (nSPS) is 18.8. The molecule has 0 N–H and O–H groups in total. The second-order valence-corrected chi connectivity index (χ2v) is 5.81. The minimum atomic E-state index is 0.555. The fourth-order valence-corrected chi connectivity index (χ4v) is 3.56. The van der Waals surface area contributed by atoms with E-state index in [-0.39, 0.29) is 0 Å². The van der Waals surface area contributed by atoms with Gasteiger partial charge >= 0.3 is 0 Å². The Morgan fingerprint density at radius 1 is 1.41 bits per heavy atom. The van der Waals surface area contributed by atoms with E-state index in [9.17, 15) is 0 Å². The first-order chi connectivity index (χ1) is 8.13. The molecule has 1 fully saturated rings. The van der Waals surface area contributed by atoms with E-state index in [2.05, 4.69) is 5.10 Å². The summed E-state index contributed by atoms with van der Waals surface area (Å²) < 4.78 is 1.76. The van der Waals surface area contributed by atoms with Crippen LogP contribution in [-0.2, 0) is 13.5 Å². The second kappa shape index (κ2) is 5.62. The van der Waals surface area contributed by atoms with Gasteiger partial charge in [-0.1, -0.05) is 37.3 Å². The van der Waals surface area contributed by atoms with Crippen LogP contribution in [0.4, 0.5) is 0 Å². The van der Waals surface area contributed by atoms with Crippen LogP contribution < -0.4 is 0 Å². The van der Waals surface area contributed by atoms with E-state index in [1.54, 1.807) is 4.68 Å². The molecule has 0 amide bonds. The third kappa shape index (κ3) is 2.79. The highest BCUT2D eigenvalue weighted by Gasteiger charge is 2.26. The van der Waals surface area contributed by atoms with Crippen molar-refractivity contribution in [2.75, 3.05) is 5.88 Å². The lowest BCUT2D eigenvalue weighted by atomic mass is 9.87. The van der Waals surface area contributed by atoms with E-state index in [0.29, 0.717) is 5.92 Å². The van der Waals surface area contributed by atoms with Gasteiger partial charge in [0, 0.05) is 18.5 Å². The molecule has 1 aromatic heterocycles. The van der Waals surface area contributed by atoms with Gasteiger partial charge in [-0.3, -0.25) is 4.68 Å². The van der Waals surface area contributed by atoms with Crippen LogP contribution in [0.1, 0.15) is 36.9 Å². The summed E-state index contributed by atoms with van der Waals surface area (Å²) in [4.78, 5) is 0. The summed E-state index contributed by atoms with van der Waals surface area (Å²) in [6, 6.07) is 0. The molecule has 96 valence electrons. The molecule has 1 aliphatic rings. The van der Waals surface area contributed by atoms with Gasteiger partial charge in [-0.15, -0.1) is 11.6 Å². The number of hydrogen-bond acceptors (Lipinski definition) is 1. The van der Waals surface area contributed by atoms with Gasteiger partial charge in [0.15, 0.2) is 0 Å².